The van der Waals surface area contributed by atoms with Gasteiger partial charge in [-0.05, 0) is 38.1 Å². The smallest absolute Gasteiger partial charge is 0.224 e. The molecule has 1 N–H and O–H groups in total. The maximum Gasteiger partial charge on any atom is 0.224 e. The van der Waals surface area contributed by atoms with Crippen molar-refractivity contribution in [2.45, 2.75) is 66.8 Å². The molecule has 0 heterocycles. The molecule has 0 rings (SSSR count). The van der Waals surface area contributed by atoms with E-state index in [1.54, 1.807) is 0 Å². The lowest BCUT2D eigenvalue weighted by Gasteiger charge is -2.26. The average molecular weight is 270 g/mol. The summed E-state index contributed by atoms with van der Waals surface area (Å²) in [6.45, 7) is 15.8. The van der Waals surface area contributed by atoms with E-state index >= 15 is 0 Å². The van der Waals surface area contributed by atoms with Crippen molar-refractivity contribution in [1.29, 1.82) is 0 Å². The molecule has 0 saturated carbocycles. The monoisotopic (exact) mass is 270 g/mol. The zero-order chi connectivity index (χ0) is 14.8. The van der Waals surface area contributed by atoms with Crippen molar-refractivity contribution in [1.82, 2.24) is 10.2 Å². The number of carbonyl (C=O) groups excluding carboxylic acids is 1. The summed E-state index contributed by atoms with van der Waals surface area (Å²) >= 11 is 0. The zero-order valence-electron chi connectivity index (χ0n) is 13.8. The normalized spacial score (nSPS) is 13.1. The SMILES string of the molecule is CCNC(C)CC(=O)N(CCC(C)C)CCC(C)C. The van der Waals surface area contributed by atoms with E-state index < -0.39 is 0 Å². The molecule has 19 heavy (non-hydrogen) atoms. The van der Waals surface area contributed by atoms with Crippen molar-refractivity contribution >= 4 is 5.91 Å². The second-order valence-corrected chi connectivity index (χ2v) is 6.41. The molecule has 0 aromatic rings. The first-order valence-electron chi connectivity index (χ1n) is 7.87. The van der Waals surface area contributed by atoms with Crippen LogP contribution in [0.5, 0.6) is 0 Å². The molecular formula is C16H34N2O. The van der Waals surface area contributed by atoms with E-state index in [9.17, 15) is 4.79 Å². The molecule has 3 nitrogen and oxygen atoms in total. The van der Waals surface area contributed by atoms with E-state index in [-0.39, 0.29) is 6.04 Å². The van der Waals surface area contributed by atoms with Gasteiger partial charge in [0.15, 0.2) is 0 Å². The lowest BCUT2D eigenvalue weighted by molar-refractivity contribution is -0.132. The van der Waals surface area contributed by atoms with Crippen LogP contribution >= 0.6 is 0 Å². The number of hydrogen-bond donors (Lipinski definition) is 1. The molecule has 0 bridgehead atoms. The van der Waals surface area contributed by atoms with Gasteiger partial charge in [-0.1, -0.05) is 34.6 Å². The first kappa shape index (κ1) is 18.4. The molecule has 0 saturated heterocycles. The van der Waals surface area contributed by atoms with Gasteiger partial charge in [-0.3, -0.25) is 4.79 Å². The molecule has 1 unspecified atom stereocenters. The third-order valence-corrected chi connectivity index (χ3v) is 3.34. The maximum atomic E-state index is 12.3. The molecule has 0 fully saturated rings. The highest BCUT2D eigenvalue weighted by Crippen LogP contribution is 2.09. The predicted octanol–water partition coefficient (Wildman–Crippen LogP) is 3.30. The highest BCUT2D eigenvalue weighted by molar-refractivity contribution is 5.76. The van der Waals surface area contributed by atoms with E-state index in [1.807, 2.05) is 0 Å². The molecular weight excluding hydrogens is 236 g/mol. The highest BCUT2D eigenvalue weighted by Gasteiger charge is 2.16. The Labute approximate surface area is 120 Å². The van der Waals surface area contributed by atoms with Crippen molar-refractivity contribution in [3.8, 4) is 0 Å². The number of carbonyl (C=O) groups is 1. The topological polar surface area (TPSA) is 32.3 Å². The minimum atomic E-state index is 0.276. The summed E-state index contributed by atoms with van der Waals surface area (Å²) in [5.74, 6) is 1.61. The molecule has 1 atom stereocenters. The Kier molecular flexibility index (Phi) is 9.94. The molecule has 0 aromatic carbocycles. The summed E-state index contributed by atoms with van der Waals surface area (Å²) in [6.07, 6.45) is 2.81. The van der Waals surface area contributed by atoms with Crippen LogP contribution in [-0.4, -0.2) is 36.5 Å². The van der Waals surface area contributed by atoms with E-state index in [4.69, 9.17) is 0 Å². The van der Waals surface area contributed by atoms with Gasteiger partial charge in [0, 0.05) is 25.6 Å². The summed E-state index contributed by atoms with van der Waals surface area (Å²) in [5, 5.41) is 3.31. The summed E-state index contributed by atoms with van der Waals surface area (Å²) in [5.41, 5.74) is 0. The fraction of sp³-hybridized carbons (Fsp3) is 0.938. The largest absolute Gasteiger partial charge is 0.343 e. The van der Waals surface area contributed by atoms with E-state index in [2.05, 4.69) is 51.8 Å². The van der Waals surface area contributed by atoms with Gasteiger partial charge in [0.1, 0.15) is 0 Å². The lowest BCUT2D eigenvalue weighted by atomic mass is 10.1. The van der Waals surface area contributed by atoms with Gasteiger partial charge < -0.3 is 10.2 Å². The summed E-state index contributed by atoms with van der Waals surface area (Å²) in [7, 11) is 0. The summed E-state index contributed by atoms with van der Waals surface area (Å²) < 4.78 is 0. The summed E-state index contributed by atoms with van der Waals surface area (Å²) in [6, 6.07) is 0.276. The first-order chi connectivity index (χ1) is 8.86. The molecule has 3 heteroatoms. The zero-order valence-corrected chi connectivity index (χ0v) is 13.8. The molecule has 0 radical (unpaired) electrons. The number of nitrogens with one attached hydrogen (secondary N) is 1. The van der Waals surface area contributed by atoms with E-state index in [0.717, 1.165) is 32.5 Å². The number of hydrogen-bond acceptors (Lipinski definition) is 2. The molecule has 114 valence electrons. The third kappa shape index (κ3) is 9.94. The first-order valence-corrected chi connectivity index (χ1v) is 7.87. The van der Waals surface area contributed by atoms with Gasteiger partial charge in [0.2, 0.25) is 5.91 Å². The van der Waals surface area contributed by atoms with Crippen molar-refractivity contribution < 1.29 is 4.79 Å². The predicted molar refractivity (Wildman–Crippen MR) is 83.2 cm³/mol. The average Bonchev–Trinajstić information content (AvgIpc) is 2.28. The molecule has 0 spiro atoms. The molecule has 1 amide bonds. The van der Waals surface area contributed by atoms with E-state index in [1.165, 1.54) is 0 Å². The quantitative estimate of drug-likeness (QED) is 0.660. The molecule has 0 aliphatic rings. The van der Waals surface area contributed by atoms with Crippen LogP contribution in [-0.2, 0) is 4.79 Å². The minimum absolute atomic E-state index is 0.276. The van der Waals surface area contributed by atoms with Crippen LogP contribution < -0.4 is 5.32 Å². The Bertz CT molecular complexity index is 227. The van der Waals surface area contributed by atoms with Crippen LogP contribution in [0.4, 0.5) is 0 Å². The van der Waals surface area contributed by atoms with Gasteiger partial charge >= 0.3 is 0 Å². The highest BCUT2D eigenvalue weighted by atomic mass is 16.2. The van der Waals surface area contributed by atoms with Crippen molar-refractivity contribution in [3.63, 3.8) is 0 Å². The Morgan fingerprint density at radius 2 is 1.47 bits per heavy atom. The van der Waals surface area contributed by atoms with Crippen LogP contribution in [0.15, 0.2) is 0 Å². The van der Waals surface area contributed by atoms with Crippen molar-refractivity contribution in [3.05, 3.63) is 0 Å². The standard InChI is InChI=1S/C16H34N2O/c1-7-17-15(6)12-16(19)18(10-8-13(2)3)11-9-14(4)5/h13-15,17H,7-12H2,1-6H3. The number of nitrogens with zero attached hydrogens (tertiary/aromatic N) is 1. The number of rotatable bonds is 10. The summed E-state index contributed by atoms with van der Waals surface area (Å²) in [4.78, 5) is 14.4. The van der Waals surface area contributed by atoms with E-state index in [0.29, 0.717) is 24.2 Å². The fourth-order valence-electron chi connectivity index (χ4n) is 2.00. The van der Waals surface area contributed by atoms with Gasteiger partial charge in [0.05, 0.1) is 0 Å². The second kappa shape index (κ2) is 10.2. The van der Waals surface area contributed by atoms with Crippen molar-refractivity contribution in [2.75, 3.05) is 19.6 Å². The van der Waals surface area contributed by atoms with Gasteiger partial charge in [-0.15, -0.1) is 0 Å². The van der Waals surface area contributed by atoms with Gasteiger partial charge in [-0.25, -0.2) is 0 Å². The molecule has 0 aliphatic carbocycles. The minimum Gasteiger partial charge on any atom is -0.343 e. The van der Waals surface area contributed by atoms with Crippen LogP contribution in [0.25, 0.3) is 0 Å². The van der Waals surface area contributed by atoms with Crippen LogP contribution in [0.2, 0.25) is 0 Å². The Morgan fingerprint density at radius 3 is 1.84 bits per heavy atom. The number of amides is 1. The molecule has 0 aromatic heterocycles. The third-order valence-electron chi connectivity index (χ3n) is 3.34. The van der Waals surface area contributed by atoms with Gasteiger partial charge in [0.25, 0.3) is 0 Å². The van der Waals surface area contributed by atoms with Crippen LogP contribution in [0.1, 0.15) is 60.8 Å². The maximum absolute atomic E-state index is 12.3. The second-order valence-electron chi connectivity index (χ2n) is 6.41. The van der Waals surface area contributed by atoms with Crippen molar-refractivity contribution in [2.24, 2.45) is 11.8 Å². The lowest BCUT2D eigenvalue weighted by Crippen LogP contribution is -2.38. The Hall–Kier alpha value is -0.570. The van der Waals surface area contributed by atoms with Crippen LogP contribution in [0.3, 0.4) is 0 Å². The Morgan fingerprint density at radius 1 is 1.00 bits per heavy atom. The Balaban J connectivity index is 4.31. The fourth-order valence-corrected chi connectivity index (χ4v) is 2.00. The van der Waals surface area contributed by atoms with Crippen LogP contribution in [0, 0.1) is 11.8 Å². The molecule has 0 aliphatic heterocycles. The van der Waals surface area contributed by atoms with Gasteiger partial charge in [-0.2, -0.15) is 0 Å².